The monoisotopic (exact) mass is 425 g/mol. The van der Waals surface area contributed by atoms with Crippen LogP contribution in [0.4, 0.5) is 0 Å². The van der Waals surface area contributed by atoms with Crippen molar-refractivity contribution in [3.63, 3.8) is 0 Å². The van der Waals surface area contributed by atoms with Gasteiger partial charge in [-0.1, -0.05) is 18.6 Å². The first-order valence-electron chi connectivity index (χ1n) is 10.6. The summed E-state index contributed by atoms with van der Waals surface area (Å²) >= 11 is 0. The molecule has 0 aromatic heterocycles. The number of aromatic hydroxyl groups is 1. The first kappa shape index (κ1) is 21.5. The molecule has 3 aliphatic rings. The Morgan fingerprint density at radius 3 is 2.48 bits per heavy atom. The molecule has 0 unspecified atom stereocenters. The number of aliphatic hydroxyl groups is 2. The number of fused-ring (bicyclic) bond motifs is 3. The molecule has 164 valence electrons. The Morgan fingerprint density at radius 2 is 1.90 bits per heavy atom. The molecule has 3 aliphatic carbocycles. The number of aryl methyl sites for hydroxylation is 1. The van der Waals surface area contributed by atoms with Crippen LogP contribution in [0.3, 0.4) is 0 Å². The van der Waals surface area contributed by atoms with E-state index in [1.807, 2.05) is 13.0 Å². The third-order valence-corrected chi connectivity index (χ3v) is 7.19. The van der Waals surface area contributed by atoms with E-state index < -0.39 is 40.5 Å². The second kappa shape index (κ2) is 7.14. The molecule has 0 heterocycles. The van der Waals surface area contributed by atoms with E-state index in [4.69, 9.17) is 5.73 Å². The van der Waals surface area contributed by atoms with Gasteiger partial charge in [0, 0.05) is 23.6 Å². The number of aliphatic hydroxyl groups excluding tert-OH is 1. The zero-order valence-electron chi connectivity index (χ0n) is 17.9. The third kappa shape index (κ3) is 2.76. The molecule has 0 amide bonds. The van der Waals surface area contributed by atoms with Crippen LogP contribution in [0.15, 0.2) is 28.5 Å². The summed E-state index contributed by atoms with van der Waals surface area (Å²) < 4.78 is 0. The fraction of sp³-hybridized carbons (Fsp3) is 0.458. The standard InChI is InChI=1S/C24H27NO6/c1-4-12-6-14(9-25)20(27)19-16(12)8-13-7-15-5-10(2)17(11(3)26)22(29)24(15,31)23(30)18(13)21(19)28/h6,13,15,27,30-31H,4-5,7-9,25H2,1-3H3/t13-,15-,24-/m1/s1. The minimum Gasteiger partial charge on any atom is -0.508 e. The molecule has 0 fully saturated rings. The molecule has 4 rings (SSSR count). The lowest BCUT2D eigenvalue weighted by atomic mass is 9.59. The summed E-state index contributed by atoms with van der Waals surface area (Å²) in [6.45, 7) is 4.94. The number of phenols is 1. The molecule has 0 saturated carbocycles. The van der Waals surface area contributed by atoms with Crippen molar-refractivity contribution in [2.45, 2.75) is 58.6 Å². The summed E-state index contributed by atoms with van der Waals surface area (Å²) in [6, 6.07) is 1.81. The second-order valence-electron chi connectivity index (χ2n) is 8.89. The lowest BCUT2D eigenvalue weighted by molar-refractivity contribution is -0.143. The van der Waals surface area contributed by atoms with Crippen molar-refractivity contribution < 1.29 is 29.7 Å². The van der Waals surface area contributed by atoms with Gasteiger partial charge in [-0.05, 0) is 56.6 Å². The average molecular weight is 425 g/mol. The molecule has 0 saturated heterocycles. The molecule has 31 heavy (non-hydrogen) atoms. The van der Waals surface area contributed by atoms with Gasteiger partial charge in [0.15, 0.2) is 17.2 Å². The SMILES string of the molecule is CCc1cc(CN)c(O)c2c1C[C@H]1C[C@H]3CC(C)=C(C(C)=O)C(=O)[C@@]3(O)C(O)=C1C2=O. The summed E-state index contributed by atoms with van der Waals surface area (Å²) in [5.41, 5.74) is 6.01. The van der Waals surface area contributed by atoms with Gasteiger partial charge in [-0.3, -0.25) is 14.4 Å². The van der Waals surface area contributed by atoms with Crippen molar-refractivity contribution in [2.24, 2.45) is 17.6 Å². The quantitative estimate of drug-likeness (QED) is 0.545. The van der Waals surface area contributed by atoms with Gasteiger partial charge in [0.25, 0.3) is 0 Å². The van der Waals surface area contributed by atoms with E-state index in [1.54, 1.807) is 6.92 Å². The second-order valence-corrected chi connectivity index (χ2v) is 8.89. The normalized spacial score (nSPS) is 27.8. The van der Waals surface area contributed by atoms with Gasteiger partial charge in [0.1, 0.15) is 11.5 Å². The number of ketones is 3. The summed E-state index contributed by atoms with van der Waals surface area (Å²) in [7, 11) is 0. The van der Waals surface area contributed by atoms with Crippen LogP contribution in [-0.2, 0) is 29.0 Å². The predicted molar refractivity (Wildman–Crippen MR) is 113 cm³/mol. The van der Waals surface area contributed by atoms with Gasteiger partial charge in [-0.2, -0.15) is 0 Å². The summed E-state index contributed by atoms with van der Waals surface area (Å²) in [6.07, 6.45) is 1.66. The van der Waals surface area contributed by atoms with Crippen LogP contribution in [0.5, 0.6) is 5.75 Å². The molecule has 0 bridgehead atoms. The minimum atomic E-state index is -2.31. The Labute approximate surface area is 180 Å². The lowest BCUT2D eigenvalue weighted by Crippen LogP contribution is -2.56. The minimum absolute atomic E-state index is 0.0460. The van der Waals surface area contributed by atoms with Crippen LogP contribution < -0.4 is 5.73 Å². The Morgan fingerprint density at radius 1 is 1.23 bits per heavy atom. The highest BCUT2D eigenvalue weighted by Gasteiger charge is 2.58. The van der Waals surface area contributed by atoms with Crippen LogP contribution in [0, 0.1) is 11.8 Å². The van der Waals surface area contributed by atoms with Gasteiger partial charge in [-0.25, -0.2) is 0 Å². The maximum absolute atomic E-state index is 13.5. The van der Waals surface area contributed by atoms with Crippen LogP contribution in [0.1, 0.15) is 60.7 Å². The molecule has 1 aromatic carbocycles. The van der Waals surface area contributed by atoms with Crippen molar-refractivity contribution >= 4 is 17.3 Å². The van der Waals surface area contributed by atoms with Crippen molar-refractivity contribution in [1.82, 2.24) is 0 Å². The maximum atomic E-state index is 13.5. The first-order chi connectivity index (χ1) is 14.6. The highest BCUT2D eigenvalue weighted by atomic mass is 16.3. The molecular formula is C24H27NO6. The van der Waals surface area contributed by atoms with Crippen LogP contribution in [-0.4, -0.2) is 38.3 Å². The topological polar surface area (TPSA) is 138 Å². The largest absolute Gasteiger partial charge is 0.508 e. The Kier molecular flexibility index (Phi) is 4.94. The van der Waals surface area contributed by atoms with E-state index >= 15 is 0 Å². The summed E-state index contributed by atoms with van der Waals surface area (Å²) in [5.74, 6) is -3.86. The molecule has 3 atom stereocenters. The van der Waals surface area contributed by atoms with E-state index in [0.717, 1.165) is 11.1 Å². The number of allylic oxidation sites excluding steroid dienone is 2. The number of Topliss-reactive ketones (excluding diaryl/α,β-unsaturated/α-hetero) is 3. The smallest absolute Gasteiger partial charge is 0.205 e. The van der Waals surface area contributed by atoms with E-state index in [-0.39, 0.29) is 35.4 Å². The highest BCUT2D eigenvalue weighted by Crippen LogP contribution is 2.52. The molecule has 0 aliphatic heterocycles. The third-order valence-electron chi connectivity index (χ3n) is 7.19. The predicted octanol–water partition coefficient (Wildman–Crippen LogP) is 2.21. The lowest BCUT2D eigenvalue weighted by Gasteiger charge is -2.46. The number of hydrogen-bond donors (Lipinski definition) is 4. The van der Waals surface area contributed by atoms with Crippen molar-refractivity contribution in [3.05, 3.63) is 50.8 Å². The molecule has 5 N–H and O–H groups in total. The fourth-order valence-corrected chi connectivity index (χ4v) is 5.70. The number of carbonyl (C=O) groups is 3. The zero-order chi connectivity index (χ0) is 22.8. The summed E-state index contributed by atoms with van der Waals surface area (Å²) in [5, 5.41) is 33.2. The van der Waals surface area contributed by atoms with Crippen molar-refractivity contribution in [3.8, 4) is 5.75 Å². The van der Waals surface area contributed by atoms with Gasteiger partial charge >= 0.3 is 0 Å². The number of phenolic OH excluding ortho intramolecular Hbond substituents is 1. The van der Waals surface area contributed by atoms with E-state index in [2.05, 4.69) is 0 Å². The average Bonchev–Trinajstić information content (AvgIpc) is 2.70. The van der Waals surface area contributed by atoms with Crippen LogP contribution in [0.2, 0.25) is 0 Å². The molecule has 0 spiro atoms. The molecule has 1 aromatic rings. The molecular weight excluding hydrogens is 398 g/mol. The van der Waals surface area contributed by atoms with Crippen molar-refractivity contribution in [2.75, 3.05) is 0 Å². The fourth-order valence-electron chi connectivity index (χ4n) is 5.70. The maximum Gasteiger partial charge on any atom is 0.205 e. The number of nitrogens with two attached hydrogens (primary N) is 1. The molecule has 0 radical (unpaired) electrons. The van der Waals surface area contributed by atoms with E-state index in [0.29, 0.717) is 30.4 Å². The number of benzene rings is 1. The summed E-state index contributed by atoms with van der Waals surface area (Å²) in [4.78, 5) is 38.7. The van der Waals surface area contributed by atoms with Gasteiger partial charge in [0.05, 0.1) is 11.1 Å². The van der Waals surface area contributed by atoms with Gasteiger partial charge in [-0.15, -0.1) is 0 Å². The zero-order valence-corrected chi connectivity index (χ0v) is 17.9. The molecule has 7 nitrogen and oxygen atoms in total. The van der Waals surface area contributed by atoms with Crippen LogP contribution in [0.25, 0.3) is 0 Å². The van der Waals surface area contributed by atoms with E-state index in [9.17, 15) is 29.7 Å². The Hall–Kier alpha value is -2.77. The number of rotatable bonds is 3. The number of carbonyl (C=O) groups excluding carboxylic acids is 3. The van der Waals surface area contributed by atoms with Crippen LogP contribution >= 0.6 is 0 Å². The Balaban J connectivity index is 1.93. The van der Waals surface area contributed by atoms with Gasteiger partial charge in [0.2, 0.25) is 5.78 Å². The highest BCUT2D eigenvalue weighted by molar-refractivity contribution is 6.25. The van der Waals surface area contributed by atoms with Crippen molar-refractivity contribution in [1.29, 1.82) is 0 Å². The van der Waals surface area contributed by atoms with Gasteiger partial charge < -0.3 is 21.1 Å². The molecule has 7 heteroatoms. The number of hydrogen-bond acceptors (Lipinski definition) is 7. The Bertz CT molecular complexity index is 1110. The van der Waals surface area contributed by atoms with E-state index in [1.165, 1.54) is 6.92 Å². The first-order valence-corrected chi connectivity index (χ1v) is 10.6.